The number of carbonyl (C=O) groups excluding carboxylic acids is 1. The Balaban J connectivity index is 0.00000264. The Bertz CT molecular complexity index is 641. The standard InChI is InChI=1S/C13H22N4O4S.ClH/c1-8-7-14-5-6-17(8)13(18)10(3)16-22(19,20)12-9(2)15-21-11(12)4;/h8,10,14,16H,5-7H2,1-4H3;1H/t8-,10?;/m1./s1. The molecule has 2 heterocycles. The zero-order valence-corrected chi connectivity index (χ0v) is 15.3. The van der Waals surface area contributed by atoms with Gasteiger partial charge < -0.3 is 14.7 Å². The van der Waals surface area contributed by atoms with Crippen LogP contribution in [0.25, 0.3) is 0 Å². The summed E-state index contributed by atoms with van der Waals surface area (Å²) < 4.78 is 32.1. The van der Waals surface area contributed by atoms with Gasteiger partial charge >= 0.3 is 0 Å². The molecule has 2 N–H and O–H groups in total. The van der Waals surface area contributed by atoms with Crippen molar-refractivity contribution in [1.29, 1.82) is 0 Å². The van der Waals surface area contributed by atoms with Crippen LogP contribution < -0.4 is 10.0 Å². The average Bonchev–Trinajstić information content (AvgIpc) is 2.78. The molecule has 0 radical (unpaired) electrons. The van der Waals surface area contributed by atoms with Crippen LogP contribution >= 0.6 is 12.4 Å². The van der Waals surface area contributed by atoms with Gasteiger partial charge in [0.05, 0.1) is 6.04 Å². The van der Waals surface area contributed by atoms with Gasteiger partial charge in [-0.3, -0.25) is 4.79 Å². The Kier molecular flexibility index (Phi) is 6.58. The summed E-state index contributed by atoms with van der Waals surface area (Å²) in [6.45, 7) is 8.54. The number of piperazine rings is 1. The molecular weight excluding hydrogens is 344 g/mol. The summed E-state index contributed by atoms with van der Waals surface area (Å²) in [5.74, 6) is -0.0236. The van der Waals surface area contributed by atoms with Crippen LogP contribution in [0.4, 0.5) is 0 Å². The first-order chi connectivity index (χ1) is 10.2. The van der Waals surface area contributed by atoms with Crippen LogP contribution in [-0.2, 0) is 14.8 Å². The fourth-order valence-electron chi connectivity index (χ4n) is 2.62. The Labute approximate surface area is 142 Å². The molecule has 10 heteroatoms. The van der Waals surface area contributed by atoms with Gasteiger partial charge in [-0.1, -0.05) is 5.16 Å². The Hall–Kier alpha value is -1.16. The number of hydrogen-bond donors (Lipinski definition) is 2. The van der Waals surface area contributed by atoms with Crippen LogP contribution in [0.15, 0.2) is 9.42 Å². The predicted molar refractivity (Wildman–Crippen MR) is 87.1 cm³/mol. The van der Waals surface area contributed by atoms with Crippen LogP contribution in [0, 0.1) is 13.8 Å². The van der Waals surface area contributed by atoms with Crippen molar-refractivity contribution in [3.05, 3.63) is 11.5 Å². The normalized spacial score (nSPS) is 20.0. The number of carbonyl (C=O) groups is 1. The smallest absolute Gasteiger partial charge is 0.246 e. The predicted octanol–water partition coefficient (Wildman–Crippen LogP) is 0.200. The van der Waals surface area contributed by atoms with Gasteiger partial charge in [-0.2, -0.15) is 4.72 Å². The summed E-state index contributed by atoms with van der Waals surface area (Å²) in [7, 11) is -3.85. The number of aryl methyl sites for hydroxylation is 2. The van der Waals surface area contributed by atoms with E-state index in [-0.39, 0.29) is 40.7 Å². The number of amides is 1. The molecule has 0 aromatic carbocycles. The maximum absolute atomic E-state index is 12.5. The van der Waals surface area contributed by atoms with E-state index in [1.54, 1.807) is 18.7 Å². The van der Waals surface area contributed by atoms with E-state index >= 15 is 0 Å². The second-order valence-corrected chi connectivity index (χ2v) is 7.23. The number of hydrogen-bond acceptors (Lipinski definition) is 6. The van der Waals surface area contributed by atoms with Gasteiger partial charge in [-0.25, -0.2) is 8.42 Å². The zero-order chi connectivity index (χ0) is 16.5. The molecule has 1 aromatic rings. The second kappa shape index (κ2) is 7.61. The summed E-state index contributed by atoms with van der Waals surface area (Å²) in [5.41, 5.74) is 0.278. The van der Waals surface area contributed by atoms with Gasteiger partial charge in [-0.15, -0.1) is 12.4 Å². The lowest BCUT2D eigenvalue weighted by molar-refractivity contribution is -0.135. The molecule has 132 valence electrons. The topological polar surface area (TPSA) is 105 Å². The van der Waals surface area contributed by atoms with E-state index in [9.17, 15) is 13.2 Å². The lowest BCUT2D eigenvalue weighted by Gasteiger charge is -2.35. The third-order valence-corrected chi connectivity index (χ3v) is 5.51. The monoisotopic (exact) mass is 366 g/mol. The van der Waals surface area contributed by atoms with Crippen molar-refractivity contribution in [2.75, 3.05) is 19.6 Å². The molecule has 2 atom stereocenters. The minimum absolute atomic E-state index is 0. The molecule has 1 amide bonds. The highest BCUT2D eigenvalue weighted by Gasteiger charge is 2.32. The third kappa shape index (κ3) is 4.23. The van der Waals surface area contributed by atoms with Gasteiger partial charge in [0.1, 0.15) is 10.6 Å². The van der Waals surface area contributed by atoms with Crippen LogP contribution in [0.5, 0.6) is 0 Å². The van der Waals surface area contributed by atoms with Gasteiger partial charge in [0.15, 0.2) is 5.76 Å². The molecule has 1 fully saturated rings. The van der Waals surface area contributed by atoms with E-state index in [1.165, 1.54) is 6.92 Å². The maximum atomic E-state index is 12.5. The first kappa shape index (κ1) is 19.9. The van der Waals surface area contributed by atoms with Gasteiger partial charge in [0.2, 0.25) is 15.9 Å². The minimum Gasteiger partial charge on any atom is -0.360 e. The molecule has 23 heavy (non-hydrogen) atoms. The molecule has 1 unspecified atom stereocenters. The van der Waals surface area contributed by atoms with Crippen LogP contribution in [-0.4, -0.2) is 56.1 Å². The molecule has 0 bridgehead atoms. The average molecular weight is 367 g/mol. The third-order valence-electron chi connectivity index (χ3n) is 3.72. The van der Waals surface area contributed by atoms with E-state index in [4.69, 9.17) is 4.52 Å². The quantitative estimate of drug-likeness (QED) is 0.788. The van der Waals surface area contributed by atoms with Gasteiger partial charge in [0, 0.05) is 25.7 Å². The van der Waals surface area contributed by atoms with Crippen LogP contribution in [0.2, 0.25) is 0 Å². The minimum atomic E-state index is -3.85. The van der Waals surface area contributed by atoms with Crippen molar-refractivity contribution in [2.24, 2.45) is 0 Å². The Morgan fingerprint density at radius 1 is 1.48 bits per heavy atom. The molecule has 1 aromatic heterocycles. The molecule has 0 aliphatic carbocycles. The second-order valence-electron chi connectivity index (χ2n) is 5.58. The number of nitrogens with zero attached hydrogens (tertiary/aromatic N) is 2. The highest BCUT2D eigenvalue weighted by atomic mass is 35.5. The highest BCUT2D eigenvalue weighted by molar-refractivity contribution is 7.89. The lowest BCUT2D eigenvalue weighted by atomic mass is 10.2. The van der Waals surface area contributed by atoms with Gasteiger partial charge in [0.25, 0.3) is 0 Å². The summed E-state index contributed by atoms with van der Waals surface area (Å²) in [5, 5.41) is 6.83. The SMILES string of the molecule is Cc1noc(C)c1S(=O)(=O)NC(C)C(=O)N1CCNC[C@H]1C.Cl. The van der Waals surface area contributed by atoms with Crippen molar-refractivity contribution in [3.8, 4) is 0 Å². The Morgan fingerprint density at radius 3 is 2.65 bits per heavy atom. The van der Waals surface area contributed by atoms with E-state index in [0.29, 0.717) is 19.6 Å². The molecule has 1 saturated heterocycles. The van der Waals surface area contributed by atoms with E-state index in [0.717, 1.165) is 0 Å². The van der Waals surface area contributed by atoms with Gasteiger partial charge in [-0.05, 0) is 27.7 Å². The summed E-state index contributed by atoms with van der Waals surface area (Å²) in [4.78, 5) is 14.1. The number of halogens is 1. The molecule has 0 saturated carbocycles. The summed E-state index contributed by atoms with van der Waals surface area (Å²) in [6, 6.07) is -0.813. The van der Waals surface area contributed by atoms with Crippen molar-refractivity contribution in [3.63, 3.8) is 0 Å². The molecule has 2 rings (SSSR count). The highest BCUT2D eigenvalue weighted by Crippen LogP contribution is 2.19. The summed E-state index contributed by atoms with van der Waals surface area (Å²) in [6.07, 6.45) is 0. The van der Waals surface area contributed by atoms with E-state index < -0.39 is 16.1 Å². The largest absolute Gasteiger partial charge is 0.360 e. The number of aromatic nitrogens is 1. The fraction of sp³-hybridized carbons (Fsp3) is 0.692. The van der Waals surface area contributed by atoms with Crippen molar-refractivity contribution in [2.45, 2.75) is 44.7 Å². The lowest BCUT2D eigenvalue weighted by Crippen LogP contribution is -2.57. The number of rotatable bonds is 4. The number of nitrogens with one attached hydrogen (secondary N) is 2. The maximum Gasteiger partial charge on any atom is 0.246 e. The molecular formula is C13H23ClN4O4S. The molecule has 0 spiro atoms. The first-order valence-corrected chi connectivity index (χ1v) is 8.68. The Morgan fingerprint density at radius 2 is 2.13 bits per heavy atom. The molecule has 8 nitrogen and oxygen atoms in total. The number of sulfonamides is 1. The first-order valence-electron chi connectivity index (χ1n) is 7.20. The molecule has 1 aliphatic heterocycles. The van der Waals surface area contributed by atoms with Crippen molar-refractivity contribution in [1.82, 2.24) is 20.1 Å². The van der Waals surface area contributed by atoms with E-state index in [1.807, 2.05) is 6.92 Å². The van der Waals surface area contributed by atoms with Crippen molar-refractivity contribution >= 4 is 28.3 Å². The van der Waals surface area contributed by atoms with Crippen LogP contribution in [0.1, 0.15) is 25.3 Å². The zero-order valence-electron chi connectivity index (χ0n) is 13.6. The molecule has 1 aliphatic rings. The summed E-state index contributed by atoms with van der Waals surface area (Å²) >= 11 is 0. The fourth-order valence-corrected chi connectivity index (χ4v) is 4.14. The van der Waals surface area contributed by atoms with Crippen LogP contribution in [0.3, 0.4) is 0 Å². The van der Waals surface area contributed by atoms with E-state index in [2.05, 4.69) is 15.2 Å². The van der Waals surface area contributed by atoms with Crippen molar-refractivity contribution < 1.29 is 17.7 Å².